The summed E-state index contributed by atoms with van der Waals surface area (Å²) >= 11 is 0. The molecule has 0 heterocycles. The van der Waals surface area contributed by atoms with Gasteiger partial charge in [-0.15, -0.1) is 0 Å². The van der Waals surface area contributed by atoms with E-state index in [9.17, 15) is 17.6 Å². The second-order valence-electron chi connectivity index (χ2n) is 4.48. The Morgan fingerprint density at radius 3 is 2.52 bits per heavy atom. The van der Waals surface area contributed by atoms with Gasteiger partial charge in [-0.1, -0.05) is 0 Å². The van der Waals surface area contributed by atoms with Crippen LogP contribution in [0.2, 0.25) is 0 Å². The molecule has 1 rings (SSSR count). The number of hydrogen-bond acceptors (Lipinski definition) is 4. The Kier molecular flexibility index (Phi) is 6.12. The predicted molar refractivity (Wildman–Crippen MR) is 77.5 cm³/mol. The summed E-state index contributed by atoms with van der Waals surface area (Å²) in [5.41, 5.74) is -0.205. The highest BCUT2D eigenvalue weighted by Gasteiger charge is 2.24. The molecule has 0 aliphatic rings. The molecule has 0 radical (unpaired) electrons. The van der Waals surface area contributed by atoms with Crippen LogP contribution in [0.4, 0.5) is 4.39 Å². The van der Waals surface area contributed by atoms with Crippen molar-refractivity contribution in [1.82, 2.24) is 4.90 Å². The third kappa shape index (κ3) is 4.39. The van der Waals surface area contributed by atoms with Crippen LogP contribution < -0.4 is 0 Å². The number of halogens is 2. The van der Waals surface area contributed by atoms with Crippen molar-refractivity contribution >= 4 is 25.6 Å². The zero-order valence-electron chi connectivity index (χ0n) is 12.0. The van der Waals surface area contributed by atoms with E-state index in [1.165, 1.54) is 12.0 Å². The van der Waals surface area contributed by atoms with Gasteiger partial charge in [0.05, 0.1) is 23.1 Å². The fraction of sp³-hybridized carbons (Fsp3) is 0.462. The van der Waals surface area contributed by atoms with Crippen molar-refractivity contribution in [3.63, 3.8) is 0 Å². The zero-order chi connectivity index (χ0) is 16.2. The minimum Gasteiger partial charge on any atom is -0.383 e. The molecule has 0 spiro atoms. The number of amides is 1. The average molecular weight is 338 g/mol. The lowest BCUT2D eigenvalue weighted by Crippen LogP contribution is -2.41. The Morgan fingerprint density at radius 2 is 2.10 bits per heavy atom. The first-order valence-electron chi connectivity index (χ1n) is 6.26. The van der Waals surface area contributed by atoms with E-state index in [1.54, 1.807) is 13.8 Å². The third-order valence-corrected chi connectivity index (χ3v) is 4.35. The van der Waals surface area contributed by atoms with Crippen molar-refractivity contribution < 1.29 is 22.3 Å². The molecule has 1 aromatic rings. The van der Waals surface area contributed by atoms with Crippen LogP contribution in [0.1, 0.15) is 24.2 Å². The topological polar surface area (TPSA) is 63.7 Å². The van der Waals surface area contributed by atoms with Gasteiger partial charge in [-0.05, 0) is 32.0 Å². The standard InChI is InChI=1S/C13H17ClFNO4S/c1-4-16(9(2)8-20-3)13(17)11-6-5-10(7-12(11)15)21(14,18)19/h5-7,9H,4,8H2,1-3H3. The second-order valence-corrected chi connectivity index (χ2v) is 7.04. The lowest BCUT2D eigenvalue weighted by Gasteiger charge is -2.27. The number of rotatable bonds is 6. The Morgan fingerprint density at radius 1 is 1.48 bits per heavy atom. The van der Waals surface area contributed by atoms with Crippen LogP contribution in [0, 0.1) is 5.82 Å². The summed E-state index contributed by atoms with van der Waals surface area (Å²) < 4.78 is 41.2. The molecule has 0 saturated heterocycles. The van der Waals surface area contributed by atoms with Gasteiger partial charge in [-0.2, -0.15) is 0 Å². The minimum atomic E-state index is -4.03. The number of methoxy groups -OCH3 is 1. The maximum atomic E-state index is 14.0. The number of benzene rings is 1. The SMILES string of the molecule is CCN(C(=O)c1ccc(S(=O)(=O)Cl)cc1F)C(C)COC. The minimum absolute atomic E-state index is 0.205. The maximum absolute atomic E-state index is 14.0. The molecule has 5 nitrogen and oxygen atoms in total. The molecule has 0 aliphatic carbocycles. The zero-order valence-corrected chi connectivity index (χ0v) is 13.5. The first-order valence-corrected chi connectivity index (χ1v) is 8.57. The molecule has 118 valence electrons. The highest BCUT2D eigenvalue weighted by molar-refractivity contribution is 8.13. The summed E-state index contributed by atoms with van der Waals surface area (Å²) in [5, 5.41) is 0. The Hall–Kier alpha value is -1.18. The normalized spacial score (nSPS) is 13.0. The van der Waals surface area contributed by atoms with Crippen LogP contribution in [-0.4, -0.2) is 45.5 Å². The van der Waals surface area contributed by atoms with Gasteiger partial charge in [-0.25, -0.2) is 12.8 Å². The lowest BCUT2D eigenvalue weighted by atomic mass is 10.1. The lowest BCUT2D eigenvalue weighted by molar-refractivity contribution is 0.0574. The Labute approximate surface area is 128 Å². The summed E-state index contributed by atoms with van der Waals surface area (Å²) in [6.07, 6.45) is 0. The molecular formula is C13H17ClFNO4S. The van der Waals surface area contributed by atoms with Crippen LogP contribution in [-0.2, 0) is 13.8 Å². The van der Waals surface area contributed by atoms with E-state index in [1.807, 2.05) is 0 Å². The Bertz CT molecular complexity index is 621. The third-order valence-electron chi connectivity index (χ3n) is 2.99. The highest BCUT2D eigenvalue weighted by atomic mass is 35.7. The van der Waals surface area contributed by atoms with E-state index in [2.05, 4.69) is 0 Å². The fourth-order valence-corrected chi connectivity index (χ4v) is 2.73. The summed E-state index contributed by atoms with van der Waals surface area (Å²) in [5.74, 6) is -1.46. The van der Waals surface area contributed by atoms with Crippen molar-refractivity contribution in [1.29, 1.82) is 0 Å². The van der Waals surface area contributed by atoms with Gasteiger partial charge in [0.25, 0.3) is 15.0 Å². The van der Waals surface area contributed by atoms with Gasteiger partial charge in [0.1, 0.15) is 5.82 Å². The van der Waals surface area contributed by atoms with Crippen LogP contribution in [0.15, 0.2) is 23.1 Å². The Balaban J connectivity index is 3.12. The second kappa shape index (κ2) is 7.20. The van der Waals surface area contributed by atoms with Crippen molar-refractivity contribution in [2.24, 2.45) is 0 Å². The molecule has 8 heteroatoms. The largest absolute Gasteiger partial charge is 0.383 e. The van der Waals surface area contributed by atoms with E-state index in [0.29, 0.717) is 13.2 Å². The van der Waals surface area contributed by atoms with Crippen LogP contribution in [0.25, 0.3) is 0 Å². The number of likely N-dealkylation sites (N-methyl/N-ethyl adjacent to an activating group) is 1. The molecule has 0 aliphatic heterocycles. The average Bonchev–Trinajstić information content (AvgIpc) is 2.38. The monoisotopic (exact) mass is 337 g/mol. The van der Waals surface area contributed by atoms with Gasteiger partial charge in [0, 0.05) is 24.3 Å². The summed E-state index contributed by atoms with van der Waals surface area (Å²) in [7, 11) is 2.62. The molecule has 1 atom stereocenters. The maximum Gasteiger partial charge on any atom is 0.261 e. The smallest absolute Gasteiger partial charge is 0.261 e. The van der Waals surface area contributed by atoms with Gasteiger partial charge in [0.15, 0.2) is 0 Å². The van der Waals surface area contributed by atoms with Crippen molar-refractivity contribution in [2.45, 2.75) is 24.8 Å². The van der Waals surface area contributed by atoms with E-state index in [4.69, 9.17) is 15.4 Å². The van der Waals surface area contributed by atoms with Crippen LogP contribution in [0.5, 0.6) is 0 Å². The van der Waals surface area contributed by atoms with E-state index in [-0.39, 0.29) is 16.5 Å². The first-order chi connectivity index (χ1) is 9.72. The number of carbonyl (C=O) groups excluding carboxylic acids is 1. The first kappa shape index (κ1) is 17.9. The molecule has 1 unspecified atom stereocenters. The van der Waals surface area contributed by atoms with E-state index in [0.717, 1.165) is 18.2 Å². The molecule has 0 N–H and O–H groups in total. The van der Waals surface area contributed by atoms with Gasteiger partial charge >= 0.3 is 0 Å². The predicted octanol–water partition coefficient (Wildman–Crippen LogP) is 2.25. The highest BCUT2D eigenvalue weighted by Crippen LogP contribution is 2.20. The molecule has 1 aromatic carbocycles. The molecule has 1 amide bonds. The number of ether oxygens (including phenoxy) is 1. The quantitative estimate of drug-likeness (QED) is 0.747. The molecule has 0 aromatic heterocycles. The number of hydrogen-bond donors (Lipinski definition) is 0. The van der Waals surface area contributed by atoms with Crippen molar-refractivity contribution in [2.75, 3.05) is 20.3 Å². The van der Waals surface area contributed by atoms with Gasteiger partial charge < -0.3 is 9.64 Å². The molecular weight excluding hydrogens is 321 g/mol. The molecule has 0 bridgehead atoms. The van der Waals surface area contributed by atoms with E-state index >= 15 is 0 Å². The van der Waals surface area contributed by atoms with Crippen molar-refractivity contribution in [3.8, 4) is 0 Å². The number of nitrogens with zero attached hydrogens (tertiary/aromatic N) is 1. The fourth-order valence-electron chi connectivity index (χ4n) is 1.96. The van der Waals surface area contributed by atoms with Gasteiger partial charge in [-0.3, -0.25) is 4.79 Å². The van der Waals surface area contributed by atoms with Gasteiger partial charge in [0.2, 0.25) is 0 Å². The van der Waals surface area contributed by atoms with Crippen LogP contribution in [0.3, 0.4) is 0 Å². The summed E-state index contributed by atoms with van der Waals surface area (Å²) in [6, 6.07) is 2.73. The summed E-state index contributed by atoms with van der Waals surface area (Å²) in [6.45, 7) is 4.23. The van der Waals surface area contributed by atoms with Crippen LogP contribution >= 0.6 is 10.7 Å². The molecule has 21 heavy (non-hydrogen) atoms. The molecule has 0 fully saturated rings. The van der Waals surface area contributed by atoms with E-state index < -0.39 is 20.8 Å². The molecule has 0 saturated carbocycles. The van der Waals surface area contributed by atoms with Crippen molar-refractivity contribution in [3.05, 3.63) is 29.6 Å². The summed E-state index contributed by atoms with van der Waals surface area (Å²) in [4.78, 5) is 13.4. The number of carbonyl (C=O) groups is 1.